The average Bonchev–Trinajstić information content (AvgIpc) is 2.43. The Balaban J connectivity index is 1.87. The highest BCUT2D eigenvalue weighted by Gasteiger charge is 2.10. The fourth-order valence-corrected chi connectivity index (χ4v) is 2.26. The van der Waals surface area contributed by atoms with E-state index in [9.17, 15) is 4.79 Å². The molecule has 2 rings (SSSR count). The molecule has 0 unspecified atom stereocenters. The molecular formula is C14H24N4O2. The third kappa shape index (κ3) is 4.31. The summed E-state index contributed by atoms with van der Waals surface area (Å²) in [5.41, 5.74) is -0.0387. The van der Waals surface area contributed by atoms with Crippen molar-refractivity contribution < 1.29 is 4.74 Å². The lowest BCUT2D eigenvalue weighted by Gasteiger charge is -2.26. The average molecular weight is 280 g/mol. The molecule has 0 radical (unpaired) electrons. The first kappa shape index (κ1) is 15.0. The van der Waals surface area contributed by atoms with Gasteiger partial charge in [-0.2, -0.15) is 0 Å². The summed E-state index contributed by atoms with van der Waals surface area (Å²) in [5.74, 6) is 0.887. The van der Waals surface area contributed by atoms with Crippen LogP contribution in [0.15, 0.2) is 17.2 Å². The first-order chi connectivity index (χ1) is 9.66. The quantitative estimate of drug-likeness (QED) is 0.829. The summed E-state index contributed by atoms with van der Waals surface area (Å²) in [5, 5.41) is 3.15. The molecule has 0 amide bonds. The highest BCUT2D eigenvalue weighted by Crippen LogP contribution is 1.99. The van der Waals surface area contributed by atoms with E-state index in [2.05, 4.69) is 29.0 Å². The van der Waals surface area contributed by atoms with Crippen LogP contribution in [0, 0.1) is 5.92 Å². The Morgan fingerprint density at radius 1 is 1.40 bits per heavy atom. The molecule has 0 bridgehead atoms. The van der Waals surface area contributed by atoms with E-state index < -0.39 is 0 Å². The van der Waals surface area contributed by atoms with Crippen molar-refractivity contribution in [1.29, 1.82) is 0 Å². The predicted molar refractivity (Wildman–Crippen MR) is 79.1 cm³/mol. The second-order valence-corrected chi connectivity index (χ2v) is 5.51. The second-order valence-electron chi connectivity index (χ2n) is 5.51. The van der Waals surface area contributed by atoms with E-state index in [0.717, 1.165) is 45.9 Å². The molecule has 0 aliphatic carbocycles. The molecule has 0 atom stereocenters. The van der Waals surface area contributed by atoms with Crippen molar-refractivity contribution in [2.75, 3.05) is 44.7 Å². The van der Waals surface area contributed by atoms with Gasteiger partial charge in [0.2, 0.25) is 0 Å². The van der Waals surface area contributed by atoms with Crippen molar-refractivity contribution >= 4 is 5.82 Å². The van der Waals surface area contributed by atoms with Crippen LogP contribution in [0.3, 0.4) is 0 Å². The molecule has 6 heteroatoms. The van der Waals surface area contributed by atoms with Crippen molar-refractivity contribution in [3.63, 3.8) is 0 Å². The molecule has 1 N–H and O–H groups in total. The van der Waals surface area contributed by atoms with Crippen LogP contribution < -0.4 is 10.9 Å². The van der Waals surface area contributed by atoms with Gasteiger partial charge in [0, 0.05) is 45.1 Å². The highest BCUT2D eigenvalue weighted by atomic mass is 16.5. The van der Waals surface area contributed by atoms with Gasteiger partial charge in [-0.25, -0.2) is 4.98 Å². The fraction of sp³-hybridized carbons (Fsp3) is 0.714. The molecule has 1 fully saturated rings. The zero-order valence-corrected chi connectivity index (χ0v) is 12.3. The zero-order chi connectivity index (χ0) is 14.4. The van der Waals surface area contributed by atoms with Gasteiger partial charge in [-0.3, -0.25) is 9.69 Å². The third-order valence-electron chi connectivity index (χ3n) is 3.30. The molecule has 2 heterocycles. The molecule has 20 heavy (non-hydrogen) atoms. The molecule has 1 aliphatic rings. The maximum Gasteiger partial charge on any atom is 0.293 e. The minimum absolute atomic E-state index is 0.0387. The second kappa shape index (κ2) is 7.40. The number of hydrogen-bond donors (Lipinski definition) is 1. The van der Waals surface area contributed by atoms with Gasteiger partial charge < -0.3 is 14.6 Å². The Morgan fingerprint density at radius 2 is 2.15 bits per heavy atom. The van der Waals surface area contributed by atoms with E-state index in [1.807, 2.05) is 0 Å². The topological polar surface area (TPSA) is 59.4 Å². The molecule has 1 saturated heterocycles. The van der Waals surface area contributed by atoms with Gasteiger partial charge in [0.05, 0.1) is 13.2 Å². The summed E-state index contributed by atoms with van der Waals surface area (Å²) in [6, 6.07) is 0. The molecule has 0 aromatic carbocycles. The Hall–Kier alpha value is -1.40. The minimum atomic E-state index is -0.0387. The van der Waals surface area contributed by atoms with Crippen molar-refractivity contribution in [2.24, 2.45) is 5.92 Å². The third-order valence-corrected chi connectivity index (χ3v) is 3.30. The van der Waals surface area contributed by atoms with Crippen LogP contribution in [0.25, 0.3) is 0 Å². The van der Waals surface area contributed by atoms with E-state index in [1.165, 1.54) is 0 Å². The van der Waals surface area contributed by atoms with E-state index in [0.29, 0.717) is 11.7 Å². The smallest absolute Gasteiger partial charge is 0.293 e. The van der Waals surface area contributed by atoms with E-state index >= 15 is 0 Å². The normalized spacial score (nSPS) is 16.6. The van der Waals surface area contributed by atoms with Crippen LogP contribution in [-0.2, 0) is 11.3 Å². The summed E-state index contributed by atoms with van der Waals surface area (Å²) >= 11 is 0. The first-order valence-electron chi connectivity index (χ1n) is 7.26. The number of nitrogens with zero attached hydrogens (tertiary/aromatic N) is 3. The summed E-state index contributed by atoms with van der Waals surface area (Å²) in [6.07, 6.45) is 3.43. The monoisotopic (exact) mass is 280 g/mol. The van der Waals surface area contributed by atoms with E-state index in [1.54, 1.807) is 17.0 Å². The van der Waals surface area contributed by atoms with Gasteiger partial charge >= 0.3 is 0 Å². The van der Waals surface area contributed by atoms with Crippen molar-refractivity contribution in [2.45, 2.75) is 20.4 Å². The highest BCUT2D eigenvalue weighted by molar-refractivity contribution is 5.30. The van der Waals surface area contributed by atoms with Gasteiger partial charge in [-0.05, 0) is 5.92 Å². The maximum absolute atomic E-state index is 12.2. The molecule has 6 nitrogen and oxygen atoms in total. The molecule has 1 aromatic heterocycles. The summed E-state index contributed by atoms with van der Waals surface area (Å²) in [4.78, 5) is 18.7. The van der Waals surface area contributed by atoms with Gasteiger partial charge in [0.1, 0.15) is 0 Å². The lowest BCUT2D eigenvalue weighted by atomic mass is 10.2. The Labute approximate surface area is 119 Å². The Bertz CT molecular complexity index is 466. The Kier molecular flexibility index (Phi) is 5.55. The Morgan fingerprint density at radius 3 is 2.85 bits per heavy atom. The van der Waals surface area contributed by atoms with Crippen molar-refractivity contribution in [1.82, 2.24) is 14.5 Å². The SMILES string of the molecule is CC(C)Cn1ccnc(NCCN2CCOCC2)c1=O. The van der Waals surface area contributed by atoms with E-state index in [-0.39, 0.29) is 5.56 Å². The summed E-state index contributed by atoms with van der Waals surface area (Å²) in [7, 11) is 0. The lowest BCUT2D eigenvalue weighted by molar-refractivity contribution is 0.0398. The minimum Gasteiger partial charge on any atom is -0.379 e. The maximum atomic E-state index is 12.2. The molecule has 1 aliphatic heterocycles. The first-order valence-corrected chi connectivity index (χ1v) is 7.26. The zero-order valence-electron chi connectivity index (χ0n) is 12.3. The largest absolute Gasteiger partial charge is 0.379 e. The van der Waals surface area contributed by atoms with Crippen LogP contribution in [-0.4, -0.2) is 53.8 Å². The molecule has 0 saturated carbocycles. The molecule has 1 aromatic rings. The standard InChI is InChI=1S/C14H24N4O2/c1-12(2)11-18-6-4-16-13(14(18)19)15-3-5-17-7-9-20-10-8-17/h4,6,12H,3,5,7-11H2,1-2H3,(H,15,16). The summed E-state index contributed by atoms with van der Waals surface area (Å²) < 4.78 is 7.03. The number of ether oxygens (including phenoxy) is 1. The van der Waals surface area contributed by atoms with Gasteiger partial charge in [0.15, 0.2) is 5.82 Å². The number of anilines is 1. The number of morpholine rings is 1. The molecule has 0 spiro atoms. The van der Waals surface area contributed by atoms with Crippen LogP contribution in [0.5, 0.6) is 0 Å². The lowest BCUT2D eigenvalue weighted by Crippen LogP contribution is -2.39. The summed E-state index contributed by atoms with van der Waals surface area (Å²) in [6.45, 7) is 10.1. The fourth-order valence-electron chi connectivity index (χ4n) is 2.26. The predicted octanol–water partition coefficient (Wildman–Crippen LogP) is 0.643. The number of aromatic nitrogens is 2. The van der Waals surface area contributed by atoms with Crippen LogP contribution in [0.4, 0.5) is 5.82 Å². The molecule has 112 valence electrons. The number of nitrogens with one attached hydrogen (secondary N) is 1. The number of rotatable bonds is 6. The molecular weight excluding hydrogens is 256 g/mol. The van der Waals surface area contributed by atoms with Crippen molar-refractivity contribution in [3.05, 3.63) is 22.7 Å². The van der Waals surface area contributed by atoms with Gasteiger partial charge in [0.25, 0.3) is 5.56 Å². The van der Waals surface area contributed by atoms with Crippen LogP contribution in [0.1, 0.15) is 13.8 Å². The van der Waals surface area contributed by atoms with Crippen LogP contribution in [0.2, 0.25) is 0 Å². The van der Waals surface area contributed by atoms with Crippen LogP contribution >= 0.6 is 0 Å². The van der Waals surface area contributed by atoms with Gasteiger partial charge in [-0.1, -0.05) is 13.8 Å². The van der Waals surface area contributed by atoms with E-state index in [4.69, 9.17) is 4.74 Å². The van der Waals surface area contributed by atoms with Gasteiger partial charge in [-0.15, -0.1) is 0 Å². The number of hydrogen-bond acceptors (Lipinski definition) is 5. The van der Waals surface area contributed by atoms with Crippen molar-refractivity contribution in [3.8, 4) is 0 Å².